The first-order chi connectivity index (χ1) is 12.1. The minimum Gasteiger partial charge on any atom is -0.484 e. The molecule has 1 fully saturated rings. The Balaban J connectivity index is 1.47. The third-order valence-corrected chi connectivity index (χ3v) is 7.00. The number of thioether (sulfide) groups is 2. The van der Waals surface area contributed by atoms with Gasteiger partial charge in [-0.25, -0.2) is 4.39 Å². The van der Waals surface area contributed by atoms with Crippen molar-refractivity contribution in [2.24, 2.45) is 0 Å². The van der Waals surface area contributed by atoms with Crippen molar-refractivity contribution in [1.82, 2.24) is 5.32 Å². The number of rotatable bonds is 6. The van der Waals surface area contributed by atoms with Crippen molar-refractivity contribution in [3.8, 4) is 5.75 Å². The highest BCUT2D eigenvalue weighted by atomic mass is 32.2. The quantitative estimate of drug-likeness (QED) is 0.801. The van der Waals surface area contributed by atoms with Gasteiger partial charge < -0.3 is 10.1 Å². The third-order valence-electron chi connectivity index (χ3n) is 3.89. The molecule has 0 radical (unpaired) electrons. The first-order valence-corrected chi connectivity index (χ1v) is 10.2. The second-order valence-electron chi connectivity index (χ2n) is 5.77. The Morgan fingerprint density at radius 1 is 1.16 bits per heavy atom. The summed E-state index contributed by atoms with van der Waals surface area (Å²) in [5, 5.41) is 2.85. The molecule has 0 aliphatic carbocycles. The van der Waals surface area contributed by atoms with E-state index < -0.39 is 0 Å². The normalized spacial score (nSPS) is 15.8. The Kier molecular flexibility index (Phi) is 6.26. The predicted octanol–water partition coefficient (Wildman–Crippen LogP) is 4.56. The fourth-order valence-electron chi connectivity index (χ4n) is 2.54. The molecule has 2 aromatic carbocycles. The molecule has 1 saturated heterocycles. The molecular weight excluding hydrogens is 357 g/mol. The van der Waals surface area contributed by atoms with Crippen LogP contribution in [0.2, 0.25) is 0 Å². The summed E-state index contributed by atoms with van der Waals surface area (Å²) in [4.78, 5) is 12.0. The molecule has 0 saturated carbocycles. The predicted molar refractivity (Wildman–Crippen MR) is 103 cm³/mol. The van der Waals surface area contributed by atoms with E-state index in [-0.39, 0.29) is 24.4 Å². The number of hydrogen-bond acceptors (Lipinski definition) is 4. The number of halogens is 1. The van der Waals surface area contributed by atoms with Crippen LogP contribution in [0.15, 0.2) is 48.5 Å². The molecule has 1 unspecified atom stereocenters. The Labute approximate surface area is 155 Å². The van der Waals surface area contributed by atoms with Gasteiger partial charge in [-0.3, -0.25) is 4.79 Å². The van der Waals surface area contributed by atoms with Crippen LogP contribution < -0.4 is 10.1 Å². The van der Waals surface area contributed by atoms with Gasteiger partial charge in [-0.1, -0.05) is 24.3 Å². The number of benzene rings is 2. The SMILES string of the molecule is CC(NC(=O)COc1ccc(C2SCCS2)cc1)c1ccc(F)cc1. The van der Waals surface area contributed by atoms with Crippen molar-refractivity contribution in [3.05, 3.63) is 65.5 Å². The molecule has 0 bridgehead atoms. The van der Waals surface area contributed by atoms with Crippen LogP contribution in [-0.4, -0.2) is 24.0 Å². The van der Waals surface area contributed by atoms with E-state index in [1.54, 1.807) is 12.1 Å². The average molecular weight is 378 g/mol. The zero-order valence-corrected chi connectivity index (χ0v) is 15.5. The van der Waals surface area contributed by atoms with Crippen LogP contribution in [0.3, 0.4) is 0 Å². The number of amides is 1. The number of hydrogen-bond donors (Lipinski definition) is 1. The zero-order chi connectivity index (χ0) is 17.6. The fourth-order valence-corrected chi connectivity index (χ4v) is 5.40. The fraction of sp³-hybridized carbons (Fsp3) is 0.316. The molecule has 25 heavy (non-hydrogen) atoms. The molecule has 1 atom stereocenters. The Bertz CT molecular complexity index is 700. The Morgan fingerprint density at radius 3 is 2.44 bits per heavy atom. The standard InChI is InChI=1S/C19H20FNO2S2/c1-13(14-2-6-16(20)7-3-14)21-18(22)12-23-17-8-4-15(5-9-17)19-24-10-11-25-19/h2-9,13,19H,10-12H2,1H3,(H,21,22). The molecule has 132 valence electrons. The van der Waals surface area contributed by atoms with Crippen LogP contribution in [0.4, 0.5) is 4.39 Å². The Hall–Kier alpha value is -1.66. The molecule has 1 N–H and O–H groups in total. The maximum Gasteiger partial charge on any atom is 0.258 e. The maximum absolute atomic E-state index is 12.9. The van der Waals surface area contributed by atoms with Gasteiger partial charge in [0.25, 0.3) is 5.91 Å². The minimum absolute atomic E-state index is 0.0438. The molecule has 0 aromatic heterocycles. The van der Waals surface area contributed by atoms with Gasteiger partial charge in [0, 0.05) is 11.5 Å². The van der Waals surface area contributed by atoms with Gasteiger partial charge in [-0.2, -0.15) is 0 Å². The first kappa shape index (κ1) is 18.1. The molecule has 3 rings (SSSR count). The summed E-state index contributed by atoms with van der Waals surface area (Å²) in [5.41, 5.74) is 2.14. The molecule has 1 aliphatic heterocycles. The summed E-state index contributed by atoms with van der Waals surface area (Å²) in [7, 11) is 0. The summed E-state index contributed by atoms with van der Waals surface area (Å²) in [5.74, 6) is 2.58. The van der Waals surface area contributed by atoms with Crippen molar-refractivity contribution in [2.45, 2.75) is 17.5 Å². The number of nitrogens with one attached hydrogen (secondary N) is 1. The smallest absolute Gasteiger partial charge is 0.258 e. The van der Waals surface area contributed by atoms with Gasteiger partial charge in [0.15, 0.2) is 6.61 Å². The summed E-state index contributed by atoms with van der Waals surface area (Å²) in [6, 6.07) is 13.8. The highest BCUT2D eigenvalue weighted by Crippen LogP contribution is 2.45. The van der Waals surface area contributed by atoms with Crippen LogP contribution in [0.25, 0.3) is 0 Å². The van der Waals surface area contributed by atoms with Gasteiger partial charge >= 0.3 is 0 Å². The first-order valence-electron chi connectivity index (χ1n) is 8.12. The van der Waals surface area contributed by atoms with E-state index in [0.29, 0.717) is 10.3 Å². The molecule has 6 heteroatoms. The van der Waals surface area contributed by atoms with E-state index in [0.717, 1.165) is 5.56 Å². The van der Waals surface area contributed by atoms with Crippen molar-refractivity contribution in [1.29, 1.82) is 0 Å². The van der Waals surface area contributed by atoms with Crippen molar-refractivity contribution in [2.75, 3.05) is 18.1 Å². The highest BCUT2D eigenvalue weighted by molar-refractivity contribution is 8.19. The van der Waals surface area contributed by atoms with Gasteiger partial charge in [0.1, 0.15) is 11.6 Å². The molecule has 2 aromatic rings. The van der Waals surface area contributed by atoms with Crippen molar-refractivity contribution in [3.63, 3.8) is 0 Å². The van der Waals surface area contributed by atoms with Gasteiger partial charge in [-0.05, 0) is 42.3 Å². The van der Waals surface area contributed by atoms with E-state index in [1.165, 1.54) is 29.2 Å². The van der Waals surface area contributed by atoms with E-state index in [9.17, 15) is 9.18 Å². The largest absolute Gasteiger partial charge is 0.484 e. The second kappa shape index (κ2) is 8.63. The van der Waals surface area contributed by atoms with Gasteiger partial charge in [0.2, 0.25) is 0 Å². The lowest BCUT2D eigenvalue weighted by atomic mass is 10.1. The topological polar surface area (TPSA) is 38.3 Å². The molecular formula is C19H20FNO2S2. The highest BCUT2D eigenvalue weighted by Gasteiger charge is 2.18. The third kappa shape index (κ3) is 5.16. The van der Waals surface area contributed by atoms with Gasteiger partial charge in [-0.15, -0.1) is 23.5 Å². The summed E-state index contributed by atoms with van der Waals surface area (Å²) in [6.45, 7) is 1.81. The minimum atomic E-state index is -0.288. The Morgan fingerprint density at radius 2 is 1.80 bits per heavy atom. The lowest BCUT2D eigenvalue weighted by molar-refractivity contribution is -0.123. The monoisotopic (exact) mass is 377 g/mol. The molecule has 1 amide bonds. The number of ether oxygens (including phenoxy) is 1. The zero-order valence-electron chi connectivity index (χ0n) is 13.9. The summed E-state index contributed by atoms with van der Waals surface area (Å²) < 4.78 is 19.0. The van der Waals surface area contributed by atoms with Crippen LogP contribution >= 0.6 is 23.5 Å². The molecule has 3 nitrogen and oxygen atoms in total. The second-order valence-corrected chi connectivity index (χ2v) is 8.50. The average Bonchev–Trinajstić information content (AvgIpc) is 3.15. The van der Waals surface area contributed by atoms with Crippen LogP contribution in [0, 0.1) is 5.82 Å². The van der Waals surface area contributed by atoms with Crippen molar-refractivity contribution < 1.29 is 13.9 Å². The van der Waals surface area contributed by atoms with E-state index >= 15 is 0 Å². The van der Waals surface area contributed by atoms with Crippen LogP contribution in [0.5, 0.6) is 5.75 Å². The van der Waals surface area contributed by atoms with E-state index in [1.807, 2.05) is 42.6 Å². The summed E-state index contributed by atoms with van der Waals surface area (Å²) in [6.07, 6.45) is 0. The van der Waals surface area contributed by atoms with Crippen LogP contribution in [0.1, 0.15) is 28.7 Å². The van der Waals surface area contributed by atoms with E-state index in [4.69, 9.17) is 4.74 Å². The molecule has 1 heterocycles. The molecule has 1 aliphatic rings. The number of carbonyl (C=O) groups excluding carboxylic acids is 1. The lowest BCUT2D eigenvalue weighted by Crippen LogP contribution is -2.31. The molecule has 0 spiro atoms. The maximum atomic E-state index is 12.9. The van der Waals surface area contributed by atoms with Crippen molar-refractivity contribution >= 4 is 29.4 Å². The number of carbonyl (C=O) groups is 1. The van der Waals surface area contributed by atoms with Crippen LogP contribution in [-0.2, 0) is 4.79 Å². The lowest BCUT2D eigenvalue weighted by Gasteiger charge is -2.15. The van der Waals surface area contributed by atoms with Gasteiger partial charge in [0.05, 0.1) is 10.6 Å². The summed E-state index contributed by atoms with van der Waals surface area (Å²) >= 11 is 3.92. The van der Waals surface area contributed by atoms with E-state index in [2.05, 4.69) is 17.4 Å².